The number of rotatable bonds is 13. The molecule has 2 aliphatic heterocycles. The Hall–Kier alpha value is -3.32. The van der Waals surface area contributed by atoms with Crippen LogP contribution in [-0.4, -0.2) is 93.3 Å². The predicted octanol–water partition coefficient (Wildman–Crippen LogP) is 4.20. The van der Waals surface area contributed by atoms with E-state index >= 15 is 0 Å². The van der Waals surface area contributed by atoms with Crippen LogP contribution in [0, 0.1) is 0 Å². The van der Waals surface area contributed by atoms with Gasteiger partial charge in [-0.1, -0.05) is 47.4 Å². The molecule has 0 unspecified atom stereocenters. The number of H-pyrrole nitrogens is 1. The number of carbonyl (C=O) groups excluding carboxylic acids is 1. The van der Waals surface area contributed by atoms with Crippen LogP contribution in [0.25, 0.3) is 17.2 Å². The van der Waals surface area contributed by atoms with Gasteiger partial charge < -0.3 is 14.2 Å². The maximum absolute atomic E-state index is 13.4. The van der Waals surface area contributed by atoms with Gasteiger partial charge in [-0.2, -0.15) is 5.21 Å². The molecule has 0 saturated carbocycles. The van der Waals surface area contributed by atoms with Crippen molar-refractivity contribution in [1.29, 1.82) is 0 Å². The Morgan fingerprint density at radius 1 is 1.07 bits per heavy atom. The standard InChI is InChI=1S/C29H34N6O4S2/c1-2-38-24-9-6-21(7-10-24)22-8-11-25(39-18-15-34-13-16-37-17-14-34)23(19-22)20-26-28(36)35(29(40)41-26)12-4-3-5-27-30-32-33-31-27/h6-11,19-20H,2-5,12-18H2,1H3,(H,30,31,32,33). The first-order valence-electron chi connectivity index (χ1n) is 13.9. The lowest BCUT2D eigenvalue weighted by molar-refractivity contribution is -0.122. The number of thioether (sulfide) groups is 1. The zero-order valence-corrected chi connectivity index (χ0v) is 24.7. The maximum atomic E-state index is 13.4. The number of ether oxygens (including phenoxy) is 3. The number of thiocarbonyl (C=S) groups is 1. The number of tetrazole rings is 1. The number of aryl methyl sites for hydroxylation is 1. The van der Waals surface area contributed by atoms with Crippen molar-refractivity contribution in [3.63, 3.8) is 0 Å². The number of hydrogen-bond donors (Lipinski definition) is 1. The molecule has 41 heavy (non-hydrogen) atoms. The van der Waals surface area contributed by atoms with Crippen molar-refractivity contribution in [2.45, 2.75) is 26.2 Å². The van der Waals surface area contributed by atoms with Crippen molar-refractivity contribution >= 4 is 40.3 Å². The molecule has 0 spiro atoms. The zero-order valence-electron chi connectivity index (χ0n) is 23.1. The van der Waals surface area contributed by atoms with E-state index in [1.807, 2.05) is 49.4 Å². The van der Waals surface area contributed by atoms with Gasteiger partial charge >= 0.3 is 0 Å². The van der Waals surface area contributed by atoms with Crippen LogP contribution in [0.2, 0.25) is 0 Å². The summed E-state index contributed by atoms with van der Waals surface area (Å²) in [5, 5.41) is 14.0. The molecule has 2 aliphatic rings. The van der Waals surface area contributed by atoms with Gasteiger partial charge in [-0.15, -0.1) is 10.2 Å². The van der Waals surface area contributed by atoms with Crippen LogP contribution in [0.4, 0.5) is 0 Å². The highest BCUT2D eigenvalue weighted by Crippen LogP contribution is 2.36. The number of benzene rings is 2. The highest BCUT2D eigenvalue weighted by molar-refractivity contribution is 8.26. The van der Waals surface area contributed by atoms with E-state index in [-0.39, 0.29) is 5.91 Å². The second-order valence-corrected chi connectivity index (χ2v) is 11.3. The fourth-order valence-corrected chi connectivity index (χ4v) is 5.97. The van der Waals surface area contributed by atoms with E-state index in [9.17, 15) is 4.79 Å². The van der Waals surface area contributed by atoms with Gasteiger partial charge in [-0.05, 0) is 61.2 Å². The molecule has 216 valence electrons. The Bertz CT molecular complexity index is 1340. The van der Waals surface area contributed by atoms with E-state index < -0.39 is 0 Å². The maximum Gasteiger partial charge on any atom is 0.266 e. The molecule has 3 heterocycles. The SMILES string of the molecule is CCOc1ccc(-c2ccc(OCCN3CCOCC3)c(C=C3SC(=S)N(CCCCc4nn[nH]n4)C3=O)c2)cc1. The Morgan fingerprint density at radius 2 is 1.88 bits per heavy atom. The number of unbranched alkanes of at least 4 members (excludes halogenated alkanes) is 1. The van der Waals surface area contributed by atoms with Crippen molar-refractivity contribution in [1.82, 2.24) is 30.4 Å². The van der Waals surface area contributed by atoms with Gasteiger partial charge in [0.2, 0.25) is 0 Å². The average molecular weight is 595 g/mol. The minimum atomic E-state index is -0.0784. The van der Waals surface area contributed by atoms with Crippen molar-refractivity contribution < 1.29 is 19.0 Å². The van der Waals surface area contributed by atoms with E-state index in [2.05, 4.69) is 31.6 Å². The lowest BCUT2D eigenvalue weighted by Gasteiger charge is -2.26. The molecule has 0 aliphatic carbocycles. The molecule has 1 aromatic heterocycles. The Balaban J connectivity index is 1.31. The molecule has 10 nitrogen and oxygen atoms in total. The van der Waals surface area contributed by atoms with Crippen LogP contribution in [0.5, 0.6) is 11.5 Å². The Morgan fingerprint density at radius 3 is 2.63 bits per heavy atom. The van der Waals surface area contributed by atoms with Gasteiger partial charge in [0.1, 0.15) is 22.4 Å². The molecule has 12 heteroatoms. The van der Waals surface area contributed by atoms with Crippen LogP contribution in [-0.2, 0) is 16.0 Å². The summed E-state index contributed by atoms with van der Waals surface area (Å²) < 4.78 is 17.9. The summed E-state index contributed by atoms with van der Waals surface area (Å²) in [6, 6.07) is 14.1. The number of amides is 1. The molecule has 1 N–H and O–H groups in total. The molecular weight excluding hydrogens is 560 g/mol. The molecule has 2 fully saturated rings. The minimum absolute atomic E-state index is 0.0784. The van der Waals surface area contributed by atoms with E-state index in [1.54, 1.807) is 4.90 Å². The molecule has 1 amide bonds. The van der Waals surface area contributed by atoms with Crippen LogP contribution >= 0.6 is 24.0 Å². The van der Waals surface area contributed by atoms with E-state index in [4.69, 9.17) is 26.4 Å². The van der Waals surface area contributed by atoms with Crippen molar-refractivity contribution in [3.05, 3.63) is 58.8 Å². The van der Waals surface area contributed by atoms with Gasteiger partial charge in [0, 0.05) is 38.2 Å². The summed E-state index contributed by atoms with van der Waals surface area (Å²) in [7, 11) is 0. The molecule has 0 bridgehead atoms. The van der Waals surface area contributed by atoms with Gasteiger partial charge in [-0.3, -0.25) is 14.6 Å². The van der Waals surface area contributed by atoms with Gasteiger partial charge in [-0.25, -0.2) is 0 Å². The predicted molar refractivity (Wildman–Crippen MR) is 163 cm³/mol. The third kappa shape index (κ3) is 7.91. The fraction of sp³-hybridized carbons (Fsp3) is 0.414. The van der Waals surface area contributed by atoms with Crippen LogP contribution in [0.3, 0.4) is 0 Å². The normalized spacial score (nSPS) is 17.0. The summed E-state index contributed by atoms with van der Waals surface area (Å²) in [6.45, 7) is 7.82. The first-order chi connectivity index (χ1) is 20.1. The summed E-state index contributed by atoms with van der Waals surface area (Å²) >= 11 is 6.91. The van der Waals surface area contributed by atoms with E-state index in [0.29, 0.717) is 41.2 Å². The molecule has 2 saturated heterocycles. The molecule has 0 radical (unpaired) electrons. The number of carbonyl (C=O) groups is 1. The van der Waals surface area contributed by atoms with Crippen molar-refractivity contribution in [2.24, 2.45) is 0 Å². The van der Waals surface area contributed by atoms with Crippen molar-refractivity contribution in [3.8, 4) is 22.6 Å². The summed E-state index contributed by atoms with van der Waals surface area (Å²) in [6.07, 6.45) is 4.23. The highest BCUT2D eigenvalue weighted by atomic mass is 32.2. The summed E-state index contributed by atoms with van der Waals surface area (Å²) in [5.41, 5.74) is 2.92. The summed E-state index contributed by atoms with van der Waals surface area (Å²) in [4.78, 5) is 18.0. The number of aromatic amines is 1. The van der Waals surface area contributed by atoms with Crippen LogP contribution in [0.15, 0.2) is 47.4 Å². The molecular formula is C29H34N6O4S2. The minimum Gasteiger partial charge on any atom is -0.494 e. The second kappa shape index (κ2) is 14.5. The topological polar surface area (TPSA) is 106 Å². The Kier molecular flexibility index (Phi) is 10.3. The summed E-state index contributed by atoms with van der Waals surface area (Å²) in [5.74, 6) is 2.16. The highest BCUT2D eigenvalue weighted by Gasteiger charge is 2.31. The number of hydrogen-bond acceptors (Lipinski definition) is 10. The van der Waals surface area contributed by atoms with Crippen molar-refractivity contribution in [2.75, 3.05) is 52.6 Å². The molecule has 0 atom stereocenters. The monoisotopic (exact) mass is 594 g/mol. The molecule has 2 aromatic carbocycles. The van der Waals surface area contributed by atoms with E-state index in [0.717, 1.165) is 73.9 Å². The van der Waals surface area contributed by atoms with Crippen LogP contribution in [0.1, 0.15) is 31.2 Å². The Labute approximate surface area is 249 Å². The van der Waals surface area contributed by atoms with Crippen LogP contribution < -0.4 is 9.47 Å². The number of nitrogens with zero attached hydrogens (tertiary/aromatic N) is 5. The first-order valence-corrected chi connectivity index (χ1v) is 15.1. The van der Waals surface area contributed by atoms with E-state index in [1.165, 1.54) is 11.8 Å². The average Bonchev–Trinajstić information content (AvgIpc) is 3.60. The third-order valence-electron chi connectivity index (χ3n) is 6.86. The van der Waals surface area contributed by atoms with Gasteiger partial charge in [0.15, 0.2) is 5.82 Å². The lowest BCUT2D eigenvalue weighted by Crippen LogP contribution is -2.38. The fourth-order valence-electron chi connectivity index (χ4n) is 4.67. The lowest BCUT2D eigenvalue weighted by atomic mass is 10.0. The third-order valence-corrected chi connectivity index (χ3v) is 8.24. The number of aromatic nitrogens is 4. The quantitative estimate of drug-likeness (QED) is 0.176. The second-order valence-electron chi connectivity index (χ2n) is 9.63. The first kappa shape index (κ1) is 29.2. The van der Waals surface area contributed by atoms with Gasteiger partial charge in [0.25, 0.3) is 5.91 Å². The molecule has 5 rings (SSSR count). The zero-order chi connectivity index (χ0) is 28.4. The smallest absolute Gasteiger partial charge is 0.266 e. The number of morpholine rings is 1. The number of nitrogens with one attached hydrogen (secondary N) is 1. The largest absolute Gasteiger partial charge is 0.494 e. The molecule has 3 aromatic rings. The van der Waals surface area contributed by atoms with Gasteiger partial charge in [0.05, 0.1) is 24.7 Å².